The molecule has 2 aromatic rings. The molecule has 0 saturated heterocycles. The van der Waals surface area contributed by atoms with Gasteiger partial charge in [-0.25, -0.2) is 0 Å². The van der Waals surface area contributed by atoms with Crippen LogP contribution in [-0.4, -0.2) is 17.4 Å². The molecule has 0 fully saturated rings. The maximum atomic E-state index is 12.6. The fourth-order valence-electron chi connectivity index (χ4n) is 2.44. The number of para-hydroxylation sites is 1. The smallest absolute Gasteiger partial charge is 0.257 e. The summed E-state index contributed by atoms with van der Waals surface area (Å²) in [4.78, 5) is 15.7. The Morgan fingerprint density at radius 3 is 2.84 bits per heavy atom. The molecule has 0 saturated carbocycles. The predicted molar refractivity (Wildman–Crippen MR) is 78.5 cm³/mol. The molecule has 1 aliphatic heterocycles. The first-order chi connectivity index (χ1) is 9.31. The average molecular weight is 272 g/mol. The molecule has 0 radical (unpaired) electrons. The summed E-state index contributed by atoms with van der Waals surface area (Å²) in [5, 5.41) is 5.53. The first-order valence-electron chi connectivity index (χ1n) is 6.51. The zero-order valence-electron chi connectivity index (χ0n) is 10.8. The SMILES string of the molecule is CCCN1C(=O)c2ccccc2N[C@H]1c1cccs1. The Balaban J connectivity index is 2.03. The lowest BCUT2D eigenvalue weighted by molar-refractivity contribution is 0.0686. The molecule has 0 aliphatic carbocycles. The Kier molecular flexibility index (Phi) is 3.25. The van der Waals surface area contributed by atoms with Crippen LogP contribution < -0.4 is 5.32 Å². The molecule has 98 valence electrons. The second-order valence-electron chi connectivity index (χ2n) is 4.61. The molecule has 3 rings (SSSR count). The largest absolute Gasteiger partial charge is 0.360 e. The number of hydrogen-bond acceptors (Lipinski definition) is 3. The highest BCUT2D eigenvalue weighted by Crippen LogP contribution is 2.34. The lowest BCUT2D eigenvalue weighted by atomic mass is 10.1. The van der Waals surface area contributed by atoms with Crippen molar-refractivity contribution < 1.29 is 4.79 Å². The number of carbonyl (C=O) groups is 1. The van der Waals surface area contributed by atoms with E-state index in [0.717, 1.165) is 24.2 Å². The molecule has 1 aromatic carbocycles. The molecule has 0 bridgehead atoms. The van der Waals surface area contributed by atoms with Crippen molar-refractivity contribution in [3.8, 4) is 0 Å². The normalized spacial score (nSPS) is 18.1. The van der Waals surface area contributed by atoms with Gasteiger partial charge < -0.3 is 10.2 Å². The quantitative estimate of drug-likeness (QED) is 0.923. The van der Waals surface area contributed by atoms with E-state index in [1.807, 2.05) is 40.6 Å². The van der Waals surface area contributed by atoms with Crippen molar-refractivity contribution >= 4 is 22.9 Å². The van der Waals surface area contributed by atoms with E-state index in [2.05, 4.69) is 18.3 Å². The number of hydrogen-bond donors (Lipinski definition) is 1. The topological polar surface area (TPSA) is 32.3 Å². The number of nitrogens with one attached hydrogen (secondary N) is 1. The van der Waals surface area contributed by atoms with Crippen LogP contribution in [0.15, 0.2) is 41.8 Å². The Morgan fingerprint density at radius 1 is 1.26 bits per heavy atom. The third kappa shape index (κ3) is 2.12. The van der Waals surface area contributed by atoms with Crippen LogP contribution in [0.25, 0.3) is 0 Å². The highest BCUT2D eigenvalue weighted by atomic mass is 32.1. The van der Waals surface area contributed by atoms with E-state index < -0.39 is 0 Å². The van der Waals surface area contributed by atoms with Crippen LogP contribution in [0, 0.1) is 0 Å². The number of amides is 1. The molecule has 0 spiro atoms. The number of thiophene rings is 1. The van der Waals surface area contributed by atoms with Crippen LogP contribution in [0.2, 0.25) is 0 Å². The predicted octanol–water partition coefficient (Wildman–Crippen LogP) is 3.72. The zero-order chi connectivity index (χ0) is 13.2. The number of rotatable bonds is 3. The molecule has 19 heavy (non-hydrogen) atoms. The molecule has 3 nitrogen and oxygen atoms in total. The molecule has 4 heteroatoms. The van der Waals surface area contributed by atoms with Crippen LogP contribution >= 0.6 is 11.3 Å². The maximum Gasteiger partial charge on any atom is 0.257 e. The van der Waals surface area contributed by atoms with Crippen LogP contribution in [0.3, 0.4) is 0 Å². The second-order valence-corrected chi connectivity index (χ2v) is 5.59. The third-order valence-corrected chi connectivity index (χ3v) is 4.22. The number of carbonyl (C=O) groups excluding carboxylic acids is 1. The third-order valence-electron chi connectivity index (χ3n) is 3.30. The minimum atomic E-state index is -0.0395. The highest BCUT2D eigenvalue weighted by Gasteiger charge is 2.32. The maximum absolute atomic E-state index is 12.6. The van der Waals surface area contributed by atoms with E-state index in [1.54, 1.807) is 11.3 Å². The number of nitrogens with zero attached hydrogens (tertiary/aromatic N) is 1. The van der Waals surface area contributed by atoms with Crippen LogP contribution in [0.5, 0.6) is 0 Å². The van der Waals surface area contributed by atoms with E-state index in [1.165, 1.54) is 4.88 Å². The summed E-state index contributed by atoms with van der Waals surface area (Å²) >= 11 is 1.68. The molecule has 1 amide bonds. The van der Waals surface area contributed by atoms with Gasteiger partial charge in [-0.3, -0.25) is 4.79 Å². The van der Waals surface area contributed by atoms with Gasteiger partial charge in [-0.05, 0) is 30.0 Å². The monoisotopic (exact) mass is 272 g/mol. The Labute approximate surface area is 116 Å². The molecule has 0 unspecified atom stereocenters. The lowest BCUT2D eigenvalue weighted by Crippen LogP contribution is -2.42. The standard InChI is InChI=1S/C15H16N2OS/c1-2-9-17-14(13-8-5-10-19-13)16-12-7-4-3-6-11(12)15(17)18/h3-8,10,14,16H,2,9H2,1H3/t14-/m1/s1. The fraction of sp³-hybridized carbons (Fsp3) is 0.267. The summed E-state index contributed by atoms with van der Waals surface area (Å²) in [7, 11) is 0. The Morgan fingerprint density at radius 2 is 2.11 bits per heavy atom. The van der Waals surface area contributed by atoms with E-state index in [0.29, 0.717) is 0 Å². The van der Waals surface area contributed by atoms with E-state index in [-0.39, 0.29) is 12.1 Å². The van der Waals surface area contributed by atoms with Gasteiger partial charge in [0, 0.05) is 17.1 Å². The van der Waals surface area contributed by atoms with Crippen LogP contribution in [0.1, 0.15) is 34.7 Å². The van der Waals surface area contributed by atoms with Gasteiger partial charge in [0.1, 0.15) is 6.17 Å². The van der Waals surface area contributed by atoms with Gasteiger partial charge in [-0.15, -0.1) is 11.3 Å². The van der Waals surface area contributed by atoms with Crippen LogP contribution in [0.4, 0.5) is 5.69 Å². The minimum absolute atomic E-state index is 0.0395. The summed E-state index contributed by atoms with van der Waals surface area (Å²) in [5.41, 5.74) is 1.70. The summed E-state index contributed by atoms with van der Waals surface area (Å²) in [5.74, 6) is 0.120. The van der Waals surface area contributed by atoms with Gasteiger partial charge in [-0.2, -0.15) is 0 Å². The van der Waals surface area contributed by atoms with Crippen molar-refractivity contribution in [1.82, 2.24) is 4.90 Å². The molecule has 1 aliphatic rings. The molecule has 1 atom stereocenters. The van der Waals surface area contributed by atoms with Crippen LogP contribution in [-0.2, 0) is 0 Å². The number of fused-ring (bicyclic) bond motifs is 1. The van der Waals surface area contributed by atoms with Crippen molar-refractivity contribution in [2.45, 2.75) is 19.5 Å². The molecular formula is C15H16N2OS. The molecule has 1 N–H and O–H groups in total. The van der Waals surface area contributed by atoms with Gasteiger partial charge in [0.2, 0.25) is 0 Å². The van der Waals surface area contributed by atoms with Crippen molar-refractivity contribution in [2.75, 3.05) is 11.9 Å². The van der Waals surface area contributed by atoms with E-state index >= 15 is 0 Å². The van der Waals surface area contributed by atoms with Crippen molar-refractivity contribution in [3.63, 3.8) is 0 Å². The number of anilines is 1. The Bertz CT molecular complexity index is 580. The van der Waals surface area contributed by atoms with Crippen molar-refractivity contribution in [1.29, 1.82) is 0 Å². The Hall–Kier alpha value is -1.81. The fourth-order valence-corrected chi connectivity index (χ4v) is 3.22. The zero-order valence-corrected chi connectivity index (χ0v) is 11.6. The van der Waals surface area contributed by atoms with Gasteiger partial charge in [-0.1, -0.05) is 25.1 Å². The molecule has 1 aromatic heterocycles. The summed E-state index contributed by atoms with van der Waals surface area (Å²) < 4.78 is 0. The average Bonchev–Trinajstić information content (AvgIpc) is 2.96. The molecular weight excluding hydrogens is 256 g/mol. The van der Waals surface area contributed by atoms with Gasteiger partial charge in [0.15, 0.2) is 0 Å². The van der Waals surface area contributed by atoms with Crippen molar-refractivity contribution in [3.05, 3.63) is 52.2 Å². The van der Waals surface area contributed by atoms with E-state index in [4.69, 9.17) is 0 Å². The van der Waals surface area contributed by atoms with Gasteiger partial charge >= 0.3 is 0 Å². The number of benzene rings is 1. The highest BCUT2D eigenvalue weighted by molar-refractivity contribution is 7.10. The summed E-state index contributed by atoms with van der Waals surface area (Å²) in [6.07, 6.45) is 0.916. The summed E-state index contributed by atoms with van der Waals surface area (Å²) in [6.45, 7) is 2.86. The summed E-state index contributed by atoms with van der Waals surface area (Å²) in [6, 6.07) is 11.8. The van der Waals surface area contributed by atoms with E-state index in [9.17, 15) is 4.79 Å². The molecule has 2 heterocycles. The lowest BCUT2D eigenvalue weighted by Gasteiger charge is -2.37. The van der Waals surface area contributed by atoms with Gasteiger partial charge in [0.05, 0.1) is 5.56 Å². The first kappa shape index (κ1) is 12.2. The van der Waals surface area contributed by atoms with Gasteiger partial charge in [0.25, 0.3) is 5.91 Å². The second kappa shape index (κ2) is 5.05. The first-order valence-corrected chi connectivity index (χ1v) is 7.39. The van der Waals surface area contributed by atoms with Crippen molar-refractivity contribution in [2.24, 2.45) is 0 Å². The minimum Gasteiger partial charge on any atom is -0.360 e.